The van der Waals surface area contributed by atoms with Crippen LogP contribution in [0.2, 0.25) is 0 Å². The molecule has 0 saturated carbocycles. The monoisotopic (exact) mass is 410 g/mol. The van der Waals surface area contributed by atoms with E-state index in [0.717, 1.165) is 16.8 Å². The van der Waals surface area contributed by atoms with Crippen molar-refractivity contribution >= 4 is 23.5 Å². The first kappa shape index (κ1) is 19.8. The number of hydrogen-bond donors (Lipinski definition) is 1. The molecule has 0 radical (unpaired) electrons. The van der Waals surface area contributed by atoms with Gasteiger partial charge in [0.15, 0.2) is 18.1 Å². The number of hydrogen-bond acceptors (Lipinski definition) is 6. The van der Waals surface area contributed by atoms with Gasteiger partial charge in [-0.15, -0.1) is 0 Å². The zero-order chi connectivity index (χ0) is 21.1. The Kier molecular flexibility index (Phi) is 5.56. The summed E-state index contributed by atoms with van der Waals surface area (Å²) in [5, 5.41) is 2.69. The summed E-state index contributed by atoms with van der Waals surface area (Å²) in [6.07, 6.45) is 0.0749. The van der Waals surface area contributed by atoms with E-state index in [2.05, 4.69) is 5.32 Å². The van der Waals surface area contributed by atoms with E-state index in [4.69, 9.17) is 14.2 Å². The third kappa shape index (κ3) is 4.37. The molecular weight excluding hydrogens is 388 g/mol. The lowest BCUT2D eigenvalue weighted by Crippen LogP contribution is -2.31. The molecule has 2 aliphatic heterocycles. The van der Waals surface area contributed by atoms with Gasteiger partial charge >= 0.3 is 5.97 Å². The lowest BCUT2D eigenvalue weighted by atomic mass is 10.1. The fraction of sp³-hybridized carbons (Fsp3) is 0.318. The first-order valence-corrected chi connectivity index (χ1v) is 9.68. The van der Waals surface area contributed by atoms with E-state index in [1.54, 1.807) is 17.0 Å². The standard InChI is InChI=1S/C22H22N2O6/c1-14-2-5-17(6-3-14)24-11-16(9-21(24)26)22(27)28-12-20(25)23-10-15-4-7-18-19(8-15)30-13-29-18/h2-8,16H,9-13H2,1H3,(H,23,25)/t16-/m0/s1. The second-order valence-electron chi connectivity index (χ2n) is 7.31. The number of rotatable bonds is 6. The number of benzene rings is 2. The molecule has 0 unspecified atom stereocenters. The fourth-order valence-electron chi connectivity index (χ4n) is 3.40. The highest BCUT2D eigenvalue weighted by Crippen LogP contribution is 2.32. The quantitative estimate of drug-likeness (QED) is 0.732. The topological polar surface area (TPSA) is 94.2 Å². The summed E-state index contributed by atoms with van der Waals surface area (Å²) in [5.74, 6) is -0.368. The largest absolute Gasteiger partial charge is 0.455 e. The average molecular weight is 410 g/mol. The number of carbonyl (C=O) groups excluding carboxylic acids is 3. The maximum absolute atomic E-state index is 12.3. The Hall–Kier alpha value is -3.55. The van der Waals surface area contributed by atoms with Crippen molar-refractivity contribution in [1.82, 2.24) is 5.32 Å². The Morgan fingerprint density at radius 3 is 2.70 bits per heavy atom. The van der Waals surface area contributed by atoms with Crippen molar-refractivity contribution in [2.75, 3.05) is 24.8 Å². The van der Waals surface area contributed by atoms with Crippen molar-refractivity contribution in [3.63, 3.8) is 0 Å². The van der Waals surface area contributed by atoms with Crippen molar-refractivity contribution in [3.8, 4) is 11.5 Å². The van der Waals surface area contributed by atoms with Crippen LogP contribution in [0.15, 0.2) is 42.5 Å². The summed E-state index contributed by atoms with van der Waals surface area (Å²) in [4.78, 5) is 38.2. The van der Waals surface area contributed by atoms with E-state index >= 15 is 0 Å². The van der Waals surface area contributed by atoms with Gasteiger partial charge in [0.25, 0.3) is 5.91 Å². The number of fused-ring (bicyclic) bond motifs is 1. The molecule has 0 spiro atoms. The molecule has 1 N–H and O–H groups in total. The van der Waals surface area contributed by atoms with Crippen LogP contribution in [-0.2, 0) is 25.7 Å². The molecule has 0 aromatic heterocycles. The molecule has 2 aromatic carbocycles. The number of ether oxygens (including phenoxy) is 3. The van der Waals surface area contributed by atoms with E-state index in [9.17, 15) is 14.4 Å². The summed E-state index contributed by atoms with van der Waals surface area (Å²) in [5.41, 5.74) is 2.68. The minimum Gasteiger partial charge on any atom is -0.455 e. The zero-order valence-electron chi connectivity index (χ0n) is 16.6. The van der Waals surface area contributed by atoms with Gasteiger partial charge in [-0.1, -0.05) is 23.8 Å². The molecule has 2 amide bonds. The van der Waals surface area contributed by atoms with Gasteiger partial charge in [-0.05, 0) is 36.8 Å². The molecule has 2 aliphatic rings. The SMILES string of the molecule is Cc1ccc(N2C[C@@H](C(=O)OCC(=O)NCc3ccc4c(c3)OCO4)CC2=O)cc1. The van der Waals surface area contributed by atoms with Crippen molar-refractivity contribution < 1.29 is 28.6 Å². The molecule has 2 heterocycles. The molecule has 156 valence electrons. The molecule has 4 rings (SSSR count). The number of carbonyl (C=O) groups is 3. The molecule has 1 saturated heterocycles. The minimum absolute atomic E-state index is 0.0749. The van der Waals surface area contributed by atoms with Crippen LogP contribution in [0.5, 0.6) is 11.5 Å². The second-order valence-corrected chi connectivity index (χ2v) is 7.31. The highest BCUT2D eigenvalue weighted by Gasteiger charge is 2.36. The molecule has 1 atom stereocenters. The highest BCUT2D eigenvalue weighted by molar-refractivity contribution is 5.99. The van der Waals surface area contributed by atoms with Crippen LogP contribution in [0.25, 0.3) is 0 Å². The molecular formula is C22H22N2O6. The Balaban J connectivity index is 1.23. The summed E-state index contributed by atoms with van der Waals surface area (Å²) >= 11 is 0. The molecule has 0 aliphatic carbocycles. The molecule has 8 heteroatoms. The predicted molar refractivity (Wildman–Crippen MR) is 107 cm³/mol. The van der Waals surface area contributed by atoms with Crippen LogP contribution < -0.4 is 19.7 Å². The van der Waals surface area contributed by atoms with Crippen LogP contribution in [0.3, 0.4) is 0 Å². The predicted octanol–water partition coefficient (Wildman–Crippen LogP) is 1.94. The maximum atomic E-state index is 12.3. The summed E-state index contributed by atoms with van der Waals surface area (Å²) in [7, 11) is 0. The Morgan fingerprint density at radius 1 is 1.13 bits per heavy atom. The van der Waals surface area contributed by atoms with Gasteiger partial charge in [-0.25, -0.2) is 0 Å². The van der Waals surface area contributed by atoms with E-state index in [0.29, 0.717) is 11.5 Å². The van der Waals surface area contributed by atoms with Crippen LogP contribution >= 0.6 is 0 Å². The van der Waals surface area contributed by atoms with E-state index in [-0.39, 0.29) is 32.2 Å². The van der Waals surface area contributed by atoms with Gasteiger partial charge in [0, 0.05) is 25.2 Å². The number of nitrogens with one attached hydrogen (secondary N) is 1. The van der Waals surface area contributed by atoms with E-state index < -0.39 is 24.4 Å². The number of aryl methyl sites for hydroxylation is 1. The third-order valence-electron chi connectivity index (χ3n) is 5.08. The van der Waals surface area contributed by atoms with Gasteiger partial charge in [-0.3, -0.25) is 14.4 Å². The second kappa shape index (κ2) is 8.44. The summed E-state index contributed by atoms with van der Waals surface area (Å²) in [6.45, 7) is 2.29. The number of amides is 2. The highest BCUT2D eigenvalue weighted by atomic mass is 16.7. The van der Waals surface area contributed by atoms with Crippen LogP contribution in [0, 0.1) is 12.8 Å². The maximum Gasteiger partial charge on any atom is 0.311 e. The first-order chi connectivity index (χ1) is 14.5. The van der Waals surface area contributed by atoms with Gasteiger partial charge < -0.3 is 24.4 Å². The van der Waals surface area contributed by atoms with Crippen molar-refractivity contribution in [2.45, 2.75) is 19.9 Å². The number of anilines is 1. The molecule has 30 heavy (non-hydrogen) atoms. The number of nitrogens with zero attached hydrogens (tertiary/aromatic N) is 1. The summed E-state index contributed by atoms with van der Waals surface area (Å²) in [6, 6.07) is 12.9. The van der Waals surface area contributed by atoms with Crippen LogP contribution in [-0.4, -0.2) is 37.7 Å². The van der Waals surface area contributed by atoms with E-state index in [1.807, 2.05) is 37.3 Å². The Bertz CT molecular complexity index is 972. The van der Waals surface area contributed by atoms with Crippen LogP contribution in [0.4, 0.5) is 5.69 Å². The van der Waals surface area contributed by atoms with Crippen molar-refractivity contribution in [1.29, 1.82) is 0 Å². The van der Waals surface area contributed by atoms with Gasteiger partial charge in [0.05, 0.1) is 5.92 Å². The first-order valence-electron chi connectivity index (χ1n) is 9.68. The lowest BCUT2D eigenvalue weighted by molar-refractivity contribution is -0.152. The summed E-state index contributed by atoms with van der Waals surface area (Å²) < 4.78 is 15.7. The van der Waals surface area contributed by atoms with Gasteiger partial charge in [-0.2, -0.15) is 0 Å². The molecule has 0 bridgehead atoms. The smallest absolute Gasteiger partial charge is 0.311 e. The van der Waals surface area contributed by atoms with Crippen molar-refractivity contribution in [2.24, 2.45) is 5.92 Å². The lowest BCUT2D eigenvalue weighted by Gasteiger charge is -2.16. The third-order valence-corrected chi connectivity index (χ3v) is 5.08. The Labute approximate surface area is 173 Å². The van der Waals surface area contributed by atoms with Crippen molar-refractivity contribution in [3.05, 3.63) is 53.6 Å². The number of esters is 1. The average Bonchev–Trinajstić information content (AvgIpc) is 3.37. The molecule has 2 aromatic rings. The van der Waals surface area contributed by atoms with Crippen LogP contribution in [0.1, 0.15) is 17.5 Å². The van der Waals surface area contributed by atoms with E-state index in [1.165, 1.54) is 0 Å². The van der Waals surface area contributed by atoms with Gasteiger partial charge in [0.1, 0.15) is 0 Å². The molecule has 1 fully saturated rings. The Morgan fingerprint density at radius 2 is 1.90 bits per heavy atom. The fourth-order valence-corrected chi connectivity index (χ4v) is 3.40. The molecule has 8 nitrogen and oxygen atoms in total. The zero-order valence-corrected chi connectivity index (χ0v) is 16.6. The normalized spacial score (nSPS) is 17.2. The minimum atomic E-state index is -0.583. The van der Waals surface area contributed by atoms with Gasteiger partial charge in [0.2, 0.25) is 12.7 Å².